The van der Waals surface area contributed by atoms with Crippen LogP contribution in [0, 0.1) is 5.92 Å². The molecule has 1 aliphatic heterocycles. The first-order valence-corrected chi connectivity index (χ1v) is 5.56. The fourth-order valence-electron chi connectivity index (χ4n) is 1.63. The standard InChI is InChI=1S/C14H21N/c1-11(2)8-14-10-15-7-5-6-12(3)9-13(14)4/h5-6,9-11,15H,4,7-8H2,1-3H3/b6-5-,12-9-,14-10-. The summed E-state index contributed by atoms with van der Waals surface area (Å²) in [5.74, 6) is 0.664. The average molecular weight is 203 g/mol. The Bertz CT molecular complexity index is 316. The van der Waals surface area contributed by atoms with Crippen LogP contribution in [-0.4, -0.2) is 6.54 Å². The highest BCUT2D eigenvalue weighted by atomic mass is 14.8. The maximum Gasteiger partial charge on any atom is 0.0328 e. The van der Waals surface area contributed by atoms with Crippen LogP contribution in [0.5, 0.6) is 0 Å². The predicted octanol–water partition coefficient (Wildman–Crippen LogP) is 3.58. The van der Waals surface area contributed by atoms with Crippen molar-refractivity contribution in [3.05, 3.63) is 47.7 Å². The van der Waals surface area contributed by atoms with E-state index in [9.17, 15) is 0 Å². The van der Waals surface area contributed by atoms with Gasteiger partial charge in [-0.3, -0.25) is 0 Å². The fourth-order valence-corrected chi connectivity index (χ4v) is 1.63. The summed E-state index contributed by atoms with van der Waals surface area (Å²) in [6.45, 7) is 11.6. The lowest BCUT2D eigenvalue weighted by molar-refractivity contribution is 0.644. The Balaban J connectivity index is 2.85. The van der Waals surface area contributed by atoms with Gasteiger partial charge < -0.3 is 5.32 Å². The van der Waals surface area contributed by atoms with Crippen LogP contribution < -0.4 is 5.32 Å². The number of allylic oxidation sites excluding steroid dienone is 5. The van der Waals surface area contributed by atoms with Gasteiger partial charge in [-0.2, -0.15) is 0 Å². The zero-order chi connectivity index (χ0) is 11.3. The molecule has 0 saturated carbocycles. The predicted molar refractivity (Wildman–Crippen MR) is 67.6 cm³/mol. The molecule has 1 nitrogen and oxygen atoms in total. The van der Waals surface area contributed by atoms with Gasteiger partial charge in [0.05, 0.1) is 0 Å². The maximum atomic E-state index is 4.12. The minimum Gasteiger partial charge on any atom is -0.387 e. The molecule has 0 atom stereocenters. The molecular weight excluding hydrogens is 182 g/mol. The third-order valence-electron chi connectivity index (χ3n) is 2.34. The molecule has 0 fully saturated rings. The molecule has 82 valence electrons. The second-order valence-corrected chi connectivity index (χ2v) is 4.49. The van der Waals surface area contributed by atoms with Crippen molar-refractivity contribution in [1.29, 1.82) is 0 Å². The van der Waals surface area contributed by atoms with E-state index in [-0.39, 0.29) is 0 Å². The van der Waals surface area contributed by atoms with Gasteiger partial charge >= 0.3 is 0 Å². The number of rotatable bonds is 2. The summed E-state index contributed by atoms with van der Waals surface area (Å²) in [6, 6.07) is 0. The summed E-state index contributed by atoms with van der Waals surface area (Å²) in [6.07, 6.45) is 9.59. The van der Waals surface area contributed by atoms with Gasteiger partial charge in [-0.1, -0.05) is 44.2 Å². The van der Waals surface area contributed by atoms with Crippen LogP contribution in [0.4, 0.5) is 0 Å². The first-order chi connectivity index (χ1) is 7.09. The molecule has 0 saturated heterocycles. The fraction of sp³-hybridized carbons (Fsp3) is 0.429. The van der Waals surface area contributed by atoms with Crippen molar-refractivity contribution in [2.75, 3.05) is 6.54 Å². The molecule has 0 aromatic heterocycles. The topological polar surface area (TPSA) is 12.0 Å². The lowest BCUT2D eigenvalue weighted by atomic mass is 9.97. The van der Waals surface area contributed by atoms with Gasteiger partial charge in [0.25, 0.3) is 0 Å². The highest BCUT2D eigenvalue weighted by molar-refractivity contribution is 5.41. The molecule has 0 amide bonds. The van der Waals surface area contributed by atoms with Gasteiger partial charge in [-0.15, -0.1) is 0 Å². The van der Waals surface area contributed by atoms with Crippen molar-refractivity contribution >= 4 is 0 Å². The highest BCUT2D eigenvalue weighted by Crippen LogP contribution is 2.20. The SMILES string of the molecule is C=C1/C=C(C)\C=C/CN/C=C\1CC(C)C. The molecule has 0 unspecified atom stereocenters. The minimum atomic E-state index is 0.664. The van der Waals surface area contributed by atoms with E-state index in [1.165, 1.54) is 11.1 Å². The third-order valence-corrected chi connectivity index (χ3v) is 2.34. The quantitative estimate of drug-likeness (QED) is 0.723. The van der Waals surface area contributed by atoms with Crippen LogP contribution in [0.2, 0.25) is 0 Å². The molecule has 0 spiro atoms. The van der Waals surface area contributed by atoms with Crippen LogP contribution in [0.25, 0.3) is 0 Å². The van der Waals surface area contributed by atoms with E-state index in [0.29, 0.717) is 5.92 Å². The van der Waals surface area contributed by atoms with E-state index >= 15 is 0 Å². The number of hydrogen-bond donors (Lipinski definition) is 1. The molecule has 0 aliphatic carbocycles. The smallest absolute Gasteiger partial charge is 0.0328 e. The van der Waals surface area contributed by atoms with E-state index in [0.717, 1.165) is 18.5 Å². The molecule has 0 radical (unpaired) electrons. The Kier molecular flexibility index (Phi) is 4.41. The first-order valence-electron chi connectivity index (χ1n) is 5.56. The molecule has 1 N–H and O–H groups in total. The van der Waals surface area contributed by atoms with E-state index in [1.54, 1.807) is 0 Å². The summed E-state index contributed by atoms with van der Waals surface area (Å²) in [5, 5.41) is 3.29. The van der Waals surface area contributed by atoms with Gasteiger partial charge in [0, 0.05) is 12.7 Å². The molecule has 0 bridgehead atoms. The van der Waals surface area contributed by atoms with Crippen molar-refractivity contribution in [2.24, 2.45) is 5.92 Å². The zero-order valence-corrected chi connectivity index (χ0v) is 10.0. The Morgan fingerprint density at radius 1 is 1.47 bits per heavy atom. The van der Waals surface area contributed by atoms with Gasteiger partial charge in [-0.05, 0) is 30.4 Å². The largest absolute Gasteiger partial charge is 0.387 e. The van der Waals surface area contributed by atoms with Crippen LogP contribution in [-0.2, 0) is 0 Å². The molecular formula is C14H21N. The Morgan fingerprint density at radius 3 is 2.87 bits per heavy atom. The van der Waals surface area contributed by atoms with Crippen LogP contribution in [0.15, 0.2) is 47.7 Å². The molecule has 15 heavy (non-hydrogen) atoms. The zero-order valence-electron chi connectivity index (χ0n) is 10.0. The summed E-state index contributed by atoms with van der Waals surface area (Å²) in [5.41, 5.74) is 3.70. The van der Waals surface area contributed by atoms with Crippen molar-refractivity contribution in [3.63, 3.8) is 0 Å². The van der Waals surface area contributed by atoms with Crippen molar-refractivity contribution in [1.82, 2.24) is 5.32 Å². The number of hydrogen-bond acceptors (Lipinski definition) is 1. The third kappa shape index (κ3) is 4.20. The maximum absolute atomic E-state index is 4.12. The van der Waals surface area contributed by atoms with Crippen molar-refractivity contribution < 1.29 is 0 Å². The lowest BCUT2D eigenvalue weighted by Crippen LogP contribution is -2.06. The summed E-state index contributed by atoms with van der Waals surface area (Å²) >= 11 is 0. The summed E-state index contributed by atoms with van der Waals surface area (Å²) in [4.78, 5) is 0. The highest BCUT2D eigenvalue weighted by Gasteiger charge is 2.04. The molecule has 1 aliphatic rings. The number of nitrogens with one attached hydrogen (secondary N) is 1. The van der Waals surface area contributed by atoms with Crippen molar-refractivity contribution in [3.8, 4) is 0 Å². The van der Waals surface area contributed by atoms with E-state index < -0.39 is 0 Å². The normalized spacial score (nSPS) is 26.5. The second kappa shape index (κ2) is 5.59. The van der Waals surface area contributed by atoms with Gasteiger partial charge in [0.1, 0.15) is 0 Å². The average Bonchev–Trinajstić information content (AvgIpc) is 2.19. The van der Waals surface area contributed by atoms with Gasteiger partial charge in [0.2, 0.25) is 0 Å². The van der Waals surface area contributed by atoms with Crippen molar-refractivity contribution in [2.45, 2.75) is 27.2 Å². The minimum absolute atomic E-state index is 0.664. The summed E-state index contributed by atoms with van der Waals surface area (Å²) in [7, 11) is 0. The molecule has 0 aromatic rings. The Morgan fingerprint density at radius 2 is 2.20 bits per heavy atom. The van der Waals surface area contributed by atoms with Gasteiger partial charge in [0.15, 0.2) is 0 Å². The molecule has 1 heterocycles. The van der Waals surface area contributed by atoms with Crippen LogP contribution >= 0.6 is 0 Å². The van der Waals surface area contributed by atoms with E-state index in [4.69, 9.17) is 0 Å². The lowest BCUT2D eigenvalue weighted by Gasteiger charge is -2.11. The molecule has 1 rings (SSSR count). The molecule has 1 heteroatoms. The van der Waals surface area contributed by atoms with Gasteiger partial charge in [-0.25, -0.2) is 0 Å². The summed E-state index contributed by atoms with van der Waals surface area (Å²) < 4.78 is 0. The van der Waals surface area contributed by atoms with E-state index in [2.05, 4.69) is 57.1 Å². The monoisotopic (exact) mass is 203 g/mol. The Hall–Kier alpha value is -1.24. The second-order valence-electron chi connectivity index (χ2n) is 4.49. The van der Waals surface area contributed by atoms with Crippen LogP contribution in [0.1, 0.15) is 27.2 Å². The first kappa shape index (κ1) is 11.8. The van der Waals surface area contributed by atoms with E-state index in [1.807, 2.05) is 0 Å². The van der Waals surface area contributed by atoms with Crippen LogP contribution in [0.3, 0.4) is 0 Å². The molecule has 0 aromatic carbocycles. The Labute approximate surface area is 93.3 Å².